The Morgan fingerprint density at radius 3 is 1.64 bits per heavy atom. The van der Waals surface area contributed by atoms with Crippen LogP contribution in [0.4, 0.5) is 39.8 Å². The number of hydrogen-bond acceptors (Lipinski definition) is 4. The van der Waals surface area contributed by atoms with Gasteiger partial charge in [-0.05, 0) is 152 Å². The Morgan fingerprint density at radius 1 is 0.444 bits per heavy atom. The maximum atomic E-state index is 6.97. The summed E-state index contributed by atoms with van der Waals surface area (Å²) in [7, 11) is 0. The van der Waals surface area contributed by atoms with Crippen LogP contribution < -0.4 is 25.5 Å². The van der Waals surface area contributed by atoms with Gasteiger partial charge in [-0.25, -0.2) is 0 Å². The molecule has 1 fully saturated rings. The number of rotatable bonds is 7. The van der Waals surface area contributed by atoms with Gasteiger partial charge in [-0.2, -0.15) is 0 Å². The Balaban J connectivity index is 1.08. The highest BCUT2D eigenvalue weighted by atomic mass is 16.3. The van der Waals surface area contributed by atoms with Crippen molar-refractivity contribution in [2.75, 3.05) is 14.6 Å². The zero-order valence-corrected chi connectivity index (χ0v) is 47.9. The van der Waals surface area contributed by atoms with Crippen LogP contribution in [0.25, 0.3) is 66.4 Å². The van der Waals surface area contributed by atoms with E-state index in [9.17, 15) is 0 Å². The molecule has 4 aliphatic rings. The molecule has 0 amide bonds. The van der Waals surface area contributed by atoms with Gasteiger partial charge in [0.25, 0.3) is 0 Å². The molecule has 2 unspecified atom stereocenters. The Kier molecular flexibility index (Phi) is 11.0. The minimum atomic E-state index is -0.166. The molecule has 0 radical (unpaired) electrons. The molecule has 11 aromatic rings. The maximum Gasteiger partial charge on any atom is 0.328 e. The molecular formula is C76H68BN3O. The largest absolute Gasteiger partial charge is 0.456 e. The zero-order valence-electron chi connectivity index (χ0n) is 47.9. The second kappa shape index (κ2) is 18.0. The van der Waals surface area contributed by atoms with Crippen LogP contribution in [0.2, 0.25) is 0 Å². The van der Waals surface area contributed by atoms with Gasteiger partial charge in [0.15, 0.2) is 0 Å². The normalized spacial score (nSPS) is 18.0. The fourth-order valence-electron chi connectivity index (χ4n) is 14.7. The average molecular weight is 1050 g/mol. The molecule has 3 aliphatic heterocycles. The molecule has 396 valence electrons. The van der Waals surface area contributed by atoms with E-state index in [4.69, 9.17) is 4.42 Å². The Labute approximate surface area is 478 Å². The lowest BCUT2D eigenvalue weighted by Gasteiger charge is -2.55. The molecule has 0 saturated heterocycles. The third-order valence-corrected chi connectivity index (χ3v) is 19.3. The van der Waals surface area contributed by atoms with Gasteiger partial charge in [0, 0.05) is 73.0 Å². The maximum absolute atomic E-state index is 6.97. The summed E-state index contributed by atoms with van der Waals surface area (Å²) in [5.41, 5.74) is 26.2. The lowest BCUT2D eigenvalue weighted by atomic mass is 9.42. The predicted octanol–water partition coefficient (Wildman–Crippen LogP) is 19.6. The van der Waals surface area contributed by atoms with Gasteiger partial charge in [0.1, 0.15) is 11.2 Å². The number of furan rings is 1. The van der Waals surface area contributed by atoms with Crippen LogP contribution in [-0.2, 0) is 16.2 Å². The van der Waals surface area contributed by atoms with Crippen LogP contribution in [0.15, 0.2) is 223 Å². The van der Waals surface area contributed by atoms with Gasteiger partial charge in [-0.3, -0.25) is 0 Å². The molecule has 81 heavy (non-hydrogen) atoms. The highest BCUT2D eigenvalue weighted by Crippen LogP contribution is 2.64. The summed E-state index contributed by atoms with van der Waals surface area (Å²) in [6, 6.07) is 82.2. The van der Waals surface area contributed by atoms with Gasteiger partial charge >= 0.3 is 6.85 Å². The van der Waals surface area contributed by atoms with Crippen molar-refractivity contribution < 1.29 is 4.42 Å². The standard InChI is InChI=1S/C76H68BN3O/c1-73(2,3)54-34-39-66(60(42-54)53-26-16-11-17-27-53)79-67-48-70-61(59-28-18-19-29-69(59)81-70)47-65(67)77-71-62(63-43-55(74(4,5)6)44-64-72(63)80(77)76(8)41-21-20-40-75(64,76)7)45-58(46-68(71)79)78(56-35-30-51(31-36-56)49-22-12-9-13-23-49)57-37-32-52(33-38-57)50-24-14-10-15-25-50/h9-19,22-39,42-48H,20-21,40-41H2,1-8H3. The second-order valence-electron chi connectivity index (χ2n) is 26.0. The highest BCUT2D eigenvalue weighted by molar-refractivity contribution is 6.93. The first-order chi connectivity index (χ1) is 39.2. The minimum Gasteiger partial charge on any atom is -0.456 e. The molecule has 0 bridgehead atoms. The third kappa shape index (κ3) is 7.57. The predicted molar refractivity (Wildman–Crippen MR) is 344 cm³/mol. The lowest BCUT2D eigenvalue weighted by Crippen LogP contribution is -2.70. The van der Waals surface area contributed by atoms with Crippen molar-refractivity contribution in [3.8, 4) is 44.5 Å². The highest BCUT2D eigenvalue weighted by Gasteiger charge is 2.63. The second-order valence-corrected chi connectivity index (χ2v) is 26.0. The SMILES string of the molecule is CC(C)(C)c1ccc(N2c3cc4oc5ccccc5c4cc3B3c4c(cc(N(c5ccc(-c6ccccc6)cc5)c5ccc(-c6ccccc6)cc5)cc42)-c2cc(C(C)(C)C)cc4c2N3C2(C)CCCCC42C)c(-c2ccccc2)c1. The van der Waals surface area contributed by atoms with E-state index in [1.165, 1.54) is 96.3 Å². The quantitative estimate of drug-likeness (QED) is 0.148. The summed E-state index contributed by atoms with van der Waals surface area (Å²) >= 11 is 0. The van der Waals surface area contributed by atoms with Crippen molar-refractivity contribution in [2.24, 2.45) is 0 Å². The van der Waals surface area contributed by atoms with Gasteiger partial charge < -0.3 is 19.0 Å². The van der Waals surface area contributed by atoms with Crippen molar-refractivity contribution in [2.45, 2.75) is 103 Å². The molecule has 0 N–H and O–H groups in total. The summed E-state index contributed by atoms with van der Waals surface area (Å²) in [4.78, 5) is 8.12. The Morgan fingerprint density at radius 2 is 1.01 bits per heavy atom. The molecule has 0 spiro atoms. The fourth-order valence-corrected chi connectivity index (χ4v) is 14.7. The fraction of sp³-hybridized carbons (Fsp3) is 0.211. The van der Waals surface area contributed by atoms with Crippen molar-refractivity contribution >= 4 is 79.5 Å². The van der Waals surface area contributed by atoms with Crippen LogP contribution in [-0.4, -0.2) is 12.4 Å². The summed E-state index contributed by atoms with van der Waals surface area (Å²) in [5, 5.41) is 2.31. The molecule has 1 aromatic heterocycles. The Bertz CT molecular complexity index is 4200. The average Bonchev–Trinajstić information content (AvgIpc) is 4.12. The van der Waals surface area contributed by atoms with Crippen molar-refractivity contribution in [3.63, 3.8) is 0 Å². The van der Waals surface area contributed by atoms with Crippen LogP contribution in [0.3, 0.4) is 0 Å². The van der Waals surface area contributed by atoms with Crippen LogP contribution in [0.5, 0.6) is 0 Å². The van der Waals surface area contributed by atoms with Crippen LogP contribution in [0.1, 0.15) is 97.8 Å². The van der Waals surface area contributed by atoms with E-state index in [2.05, 4.69) is 288 Å². The van der Waals surface area contributed by atoms with E-state index < -0.39 is 0 Å². The van der Waals surface area contributed by atoms with Crippen molar-refractivity contribution in [1.29, 1.82) is 0 Å². The van der Waals surface area contributed by atoms with Gasteiger partial charge in [-0.1, -0.05) is 213 Å². The molecule has 10 aromatic carbocycles. The van der Waals surface area contributed by atoms with Gasteiger partial charge in [0.2, 0.25) is 0 Å². The minimum absolute atomic E-state index is 0.0802. The van der Waals surface area contributed by atoms with Crippen LogP contribution >= 0.6 is 0 Å². The van der Waals surface area contributed by atoms with Gasteiger partial charge in [0.05, 0.1) is 5.69 Å². The number of hydrogen-bond donors (Lipinski definition) is 0. The molecule has 5 heteroatoms. The summed E-state index contributed by atoms with van der Waals surface area (Å²) < 4.78 is 6.97. The van der Waals surface area contributed by atoms with E-state index >= 15 is 0 Å². The lowest BCUT2D eigenvalue weighted by molar-refractivity contribution is 0.199. The number of benzene rings is 10. The first-order valence-corrected chi connectivity index (χ1v) is 29.4. The van der Waals surface area contributed by atoms with E-state index in [-0.39, 0.29) is 28.6 Å². The number of para-hydroxylation sites is 1. The summed E-state index contributed by atoms with van der Waals surface area (Å²) in [6.45, 7) is 19.3. The van der Waals surface area contributed by atoms with E-state index in [1.54, 1.807) is 0 Å². The molecule has 4 heterocycles. The summed E-state index contributed by atoms with van der Waals surface area (Å²) in [6.07, 6.45) is 4.70. The van der Waals surface area contributed by atoms with Gasteiger partial charge in [-0.15, -0.1) is 0 Å². The first kappa shape index (κ1) is 49.5. The third-order valence-electron chi connectivity index (χ3n) is 19.3. The number of nitrogens with zero attached hydrogens (tertiary/aromatic N) is 3. The van der Waals surface area contributed by atoms with E-state index in [0.29, 0.717) is 0 Å². The molecule has 2 atom stereocenters. The Hall–Kier alpha value is -8.54. The smallest absolute Gasteiger partial charge is 0.328 e. The van der Waals surface area contributed by atoms with Crippen LogP contribution in [0, 0.1) is 0 Å². The van der Waals surface area contributed by atoms with E-state index in [1.807, 2.05) is 0 Å². The van der Waals surface area contributed by atoms with E-state index in [0.717, 1.165) is 63.2 Å². The first-order valence-electron chi connectivity index (χ1n) is 29.4. The molecular weight excluding hydrogens is 982 g/mol. The zero-order chi connectivity index (χ0) is 55.2. The van der Waals surface area contributed by atoms with Crippen molar-refractivity contribution in [1.82, 2.24) is 0 Å². The van der Waals surface area contributed by atoms with Crippen molar-refractivity contribution in [3.05, 3.63) is 235 Å². The molecule has 1 saturated carbocycles. The number of fused-ring (bicyclic) bond motifs is 10. The molecule has 4 nitrogen and oxygen atoms in total. The molecule has 1 aliphatic carbocycles. The summed E-state index contributed by atoms with van der Waals surface area (Å²) in [5.74, 6) is 0. The topological polar surface area (TPSA) is 22.9 Å². The monoisotopic (exact) mass is 1050 g/mol. The number of anilines is 7. The molecule has 15 rings (SSSR count).